The minimum Gasteiger partial charge on any atom is -0.486 e. The molecular weight excluding hydrogens is 242 g/mol. The van der Waals surface area contributed by atoms with E-state index in [-0.39, 0.29) is 11.1 Å². The highest BCUT2D eigenvalue weighted by atomic mass is 19.3. The van der Waals surface area contributed by atoms with E-state index in [2.05, 4.69) is 0 Å². The van der Waals surface area contributed by atoms with Crippen molar-refractivity contribution in [3.05, 3.63) is 23.3 Å². The average Bonchev–Trinajstić information content (AvgIpc) is 2.25. The molecule has 18 heavy (non-hydrogen) atoms. The van der Waals surface area contributed by atoms with E-state index in [1.54, 1.807) is 0 Å². The lowest BCUT2D eigenvalue weighted by Gasteiger charge is -2.28. The Labute approximate surface area is 104 Å². The average molecular weight is 258 g/mol. The quantitative estimate of drug-likeness (QED) is 0.886. The molecule has 0 spiro atoms. The van der Waals surface area contributed by atoms with Crippen molar-refractivity contribution in [3.63, 3.8) is 0 Å². The SMILES string of the molecule is CC(C)(O)c1cc2c(cc1C(C)(F)F)OCCO2. The zero-order valence-electron chi connectivity index (χ0n) is 10.6. The predicted octanol–water partition coefficient (Wildman–Crippen LogP) is 2.80. The standard InChI is InChI=1S/C13H16F2O3/c1-12(2,16)8-6-10-11(18-5-4-17-10)7-9(8)13(3,14)15/h6-7,16H,4-5H2,1-3H3. The first-order valence-electron chi connectivity index (χ1n) is 5.74. The summed E-state index contributed by atoms with van der Waals surface area (Å²) in [5, 5.41) is 10.0. The first kappa shape index (κ1) is 13.1. The highest BCUT2D eigenvalue weighted by Gasteiger charge is 2.35. The van der Waals surface area contributed by atoms with Crippen molar-refractivity contribution in [2.75, 3.05) is 13.2 Å². The van der Waals surface area contributed by atoms with E-state index in [0.717, 1.165) is 6.92 Å². The van der Waals surface area contributed by atoms with Crippen LogP contribution in [0.1, 0.15) is 31.9 Å². The fourth-order valence-electron chi connectivity index (χ4n) is 1.96. The summed E-state index contributed by atoms with van der Waals surface area (Å²) in [5.41, 5.74) is -1.46. The Morgan fingerprint density at radius 2 is 1.44 bits per heavy atom. The van der Waals surface area contributed by atoms with Gasteiger partial charge >= 0.3 is 0 Å². The van der Waals surface area contributed by atoms with E-state index in [0.29, 0.717) is 24.7 Å². The van der Waals surface area contributed by atoms with E-state index in [1.165, 1.54) is 26.0 Å². The first-order chi connectivity index (χ1) is 8.19. The van der Waals surface area contributed by atoms with Crippen LogP contribution in [0.25, 0.3) is 0 Å². The molecule has 1 N–H and O–H groups in total. The Kier molecular flexibility index (Phi) is 2.97. The molecule has 1 aromatic carbocycles. The Morgan fingerprint density at radius 3 is 1.83 bits per heavy atom. The molecule has 1 aromatic rings. The van der Waals surface area contributed by atoms with Crippen LogP contribution in [0.15, 0.2) is 12.1 Å². The summed E-state index contributed by atoms with van der Waals surface area (Å²) >= 11 is 0. The second-order valence-electron chi connectivity index (χ2n) is 4.99. The molecule has 1 aliphatic heterocycles. The zero-order valence-corrected chi connectivity index (χ0v) is 10.6. The van der Waals surface area contributed by atoms with Crippen molar-refractivity contribution in [2.24, 2.45) is 0 Å². The van der Waals surface area contributed by atoms with Crippen LogP contribution in [0.5, 0.6) is 11.5 Å². The van der Waals surface area contributed by atoms with Crippen molar-refractivity contribution in [1.82, 2.24) is 0 Å². The van der Waals surface area contributed by atoms with E-state index < -0.39 is 11.5 Å². The normalized spacial score (nSPS) is 15.7. The highest BCUT2D eigenvalue weighted by Crippen LogP contribution is 2.42. The van der Waals surface area contributed by atoms with Crippen molar-refractivity contribution in [3.8, 4) is 11.5 Å². The van der Waals surface area contributed by atoms with Crippen LogP contribution in [0.4, 0.5) is 8.78 Å². The number of fused-ring (bicyclic) bond motifs is 1. The Morgan fingerprint density at radius 1 is 1.00 bits per heavy atom. The van der Waals surface area contributed by atoms with Crippen LogP contribution >= 0.6 is 0 Å². The van der Waals surface area contributed by atoms with Crippen molar-refractivity contribution in [2.45, 2.75) is 32.3 Å². The number of hydrogen-bond acceptors (Lipinski definition) is 3. The summed E-state index contributed by atoms with van der Waals surface area (Å²) < 4.78 is 37.8. The summed E-state index contributed by atoms with van der Waals surface area (Å²) in [6, 6.07) is 2.68. The molecule has 1 heterocycles. The van der Waals surface area contributed by atoms with Gasteiger partial charge in [0.25, 0.3) is 5.92 Å². The molecule has 5 heteroatoms. The zero-order chi connectivity index (χ0) is 13.6. The van der Waals surface area contributed by atoms with E-state index >= 15 is 0 Å². The number of rotatable bonds is 2. The smallest absolute Gasteiger partial charge is 0.271 e. The minimum atomic E-state index is -3.05. The van der Waals surface area contributed by atoms with Gasteiger partial charge < -0.3 is 14.6 Å². The van der Waals surface area contributed by atoms with Gasteiger partial charge in [0, 0.05) is 12.5 Å². The van der Waals surface area contributed by atoms with Crippen molar-refractivity contribution >= 4 is 0 Å². The molecule has 0 aliphatic carbocycles. The first-order valence-corrected chi connectivity index (χ1v) is 5.74. The summed E-state index contributed by atoms with van der Waals surface area (Å²) in [5.74, 6) is -2.36. The van der Waals surface area contributed by atoms with Crippen LogP contribution in [0, 0.1) is 0 Å². The Balaban J connectivity index is 2.63. The molecule has 0 saturated carbocycles. The summed E-state index contributed by atoms with van der Waals surface area (Å²) in [7, 11) is 0. The molecule has 0 unspecified atom stereocenters. The van der Waals surface area contributed by atoms with Crippen molar-refractivity contribution in [1.29, 1.82) is 0 Å². The third-order valence-electron chi connectivity index (χ3n) is 2.81. The van der Waals surface area contributed by atoms with Gasteiger partial charge in [-0.2, -0.15) is 0 Å². The fourth-order valence-corrected chi connectivity index (χ4v) is 1.96. The molecule has 2 rings (SSSR count). The molecule has 0 bridgehead atoms. The lowest BCUT2D eigenvalue weighted by Crippen LogP contribution is -2.24. The van der Waals surface area contributed by atoms with Gasteiger partial charge in [-0.3, -0.25) is 0 Å². The largest absolute Gasteiger partial charge is 0.486 e. The lowest BCUT2D eigenvalue weighted by atomic mass is 9.90. The maximum absolute atomic E-state index is 13.6. The van der Waals surface area contributed by atoms with Gasteiger partial charge in [-0.05, 0) is 31.5 Å². The molecule has 0 saturated heterocycles. The van der Waals surface area contributed by atoms with Crippen LogP contribution in [0.2, 0.25) is 0 Å². The molecular formula is C13H16F2O3. The van der Waals surface area contributed by atoms with Gasteiger partial charge in [-0.1, -0.05) is 0 Å². The van der Waals surface area contributed by atoms with E-state index in [1.807, 2.05) is 0 Å². The molecule has 3 nitrogen and oxygen atoms in total. The van der Waals surface area contributed by atoms with Crippen molar-refractivity contribution < 1.29 is 23.4 Å². The van der Waals surface area contributed by atoms with Crippen LogP contribution < -0.4 is 9.47 Å². The van der Waals surface area contributed by atoms with Gasteiger partial charge in [0.2, 0.25) is 0 Å². The second kappa shape index (κ2) is 4.09. The van der Waals surface area contributed by atoms with Crippen LogP contribution in [0.3, 0.4) is 0 Å². The minimum absolute atomic E-state index is 0.152. The maximum atomic E-state index is 13.6. The topological polar surface area (TPSA) is 38.7 Å². The summed E-state index contributed by atoms with van der Waals surface area (Å²) in [6.45, 7) is 4.44. The predicted molar refractivity (Wildman–Crippen MR) is 62.2 cm³/mol. The summed E-state index contributed by atoms with van der Waals surface area (Å²) in [4.78, 5) is 0. The number of hydrogen-bond donors (Lipinski definition) is 1. The number of halogens is 2. The lowest BCUT2D eigenvalue weighted by molar-refractivity contribution is 0.00665. The third-order valence-corrected chi connectivity index (χ3v) is 2.81. The molecule has 0 aromatic heterocycles. The maximum Gasteiger partial charge on any atom is 0.271 e. The second-order valence-corrected chi connectivity index (χ2v) is 4.99. The van der Waals surface area contributed by atoms with Gasteiger partial charge in [-0.15, -0.1) is 0 Å². The van der Waals surface area contributed by atoms with E-state index in [9.17, 15) is 13.9 Å². The Bertz CT molecular complexity index is 416. The summed E-state index contributed by atoms with van der Waals surface area (Å²) in [6.07, 6.45) is 0. The monoisotopic (exact) mass is 258 g/mol. The molecule has 0 radical (unpaired) electrons. The molecule has 0 amide bonds. The number of aliphatic hydroxyl groups is 1. The molecule has 0 fully saturated rings. The van der Waals surface area contributed by atoms with Gasteiger partial charge in [-0.25, -0.2) is 8.78 Å². The van der Waals surface area contributed by atoms with Gasteiger partial charge in [0.15, 0.2) is 11.5 Å². The number of benzene rings is 1. The van der Waals surface area contributed by atoms with Gasteiger partial charge in [0.1, 0.15) is 13.2 Å². The van der Waals surface area contributed by atoms with E-state index in [4.69, 9.17) is 9.47 Å². The number of ether oxygens (including phenoxy) is 2. The highest BCUT2D eigenvalue weighted by molar-refractivity contribution is 5.51. The van der Waals surface area contributed by atoms with Crippen LogP contribution in [-0.4, -0.2) is 18.3 Å². The third kappa shape index (κ3) is 2.41. The van der Waals surface area contributed by atoms with Gasteiger partial charge in [0.05, 0.1) is 5.60 Å². The fraction of sp³-hybridized carbons (Fsp3) is 0.538. The Hall–Kier alpha value is -1.36. The molecule has 0 atom stereocenters. The number of alkyl halides is 2. The van der Waals surface area contributed by atoms with Crippen LogP contribution in [-0.2, 0) is 11.5 Å². The molecule has 1 aliphatic rings. The molecule has 100 valence electrons.